The molecule has 3 aromatic rings. The van der Waals surface area contributed by atoms with Crippen molar-refractivity contribution in [3.05, 3.63) is 54.2 Å². The van der Waals surface area contributed by atoms with Gasteiger partial charge in [0.15, 0.2) is 0 Å². The molecule has 2 aromatic heterocycles. The van der Waals surface area contributed by atoms with E-state index in [0.29, 0.717) is 12.3 Å². The number of carbonyl (C=O) groups excluding carboxylic acids is 3. The molecule has 150 valence electrons. The average molecular weight is 395 g/mol. The van der Waals surface area contributed by atoms with E-state index in [2.05, 4.69) is 15.6 Å². The van der Waals surface area contributed by atoms with E-state index in [-0.39, 0.29) is 31.2 Å². The zero-order chi connectivity index (χ0) is 20.4. The van der Waals surface area contributed by atoms with Crippen LogP contribution in [0.5, 0.6) is 0 Å². The Morgan fingerprint density at radius 3 is 2.83 bits per heavy atom. The van der Waals surface area contributed by atoms with Gasteiger partial charge in [-0.1, -0.05) is 12.1 Å². The van der Waals surface area contributed by atoms with Crippen LogP contribution >= 0.6 is 0 Å². The van der Waals surface area contributed by atoms with E-state index in [9.17, 15) is 14.4 Å². The van der Waals surface area contributed by atoms with E-state index in [1.54, 1.807) is 12.1 Å². The number of amides is 4. The van der Waals surface area contributed by atoms with Crippen LogP contribution in [0.3, 0.4) is 0 Å². The number of rotatable bonds is 7. The van der Waals surface area contributed by atoms with E-state index in [0.717, 1.165) is 21.8 Å². The third-order valence-electron chi connectivity index (χ3n) is 4.98. The molecule has 0 unspecified atom stereocenters. The molecule has 1 atom stereocenters. The van der Waals surface area contributed by atoms with E-state index in [4.69, 9.17) is 4.42 Å². The van der Waals surface area contributed by atoms with Gasteiger partial charge in [-0.15, -0.1) is 0 Å². The highest BCUT2D eigenvalue weighted by Gasteiger charge is 2.38. The van der Waals surface area contributed by atoms with Crippen LogP contribution in [-0.2, 0) is 29.7 Å². The van der Waals surface area contributed by atoms with Gasteiger partial charge in [0.2, 0.25) is 5.91 Å². The van der Waals surface area contributed by atoms with Gasteiger partial charge in [-0.2, -0.15) is 0 Å². The first kappa shape index (κ1) is 18.7. The zero-order valence-corrected chi connectivity index (χ0v) is 15.9. The second-order valence-electron chi connectivity index (χ2n) is 6.90. The SMILES string of the molecule is Cn1c(CNC(=O)CC[C@H]2NC(=O)N(Cc3ccco3)C2=O)nc2ccccc21. The van der Waals surface area contributed by atoms with Gasteiger partial charge in [0.25, 0.3) is 5.91 Å². The van der Waals surface area contributed by atoms with Crippen LogP contribution in [0.25, 0.3) is 11.0 Å². The maximum Gasteiger partial charge on any atom is 0.325 e. The van der Waals surface area contributed by atoms with Gasteiger partial charge in [-0.25, -0.2) is 9.78 Å². The first-order valence-electron chi connectivity index (χ1n) is 9.34. The maximum atomic E-state index is 12.4. The molecule has 1 aliphatic heterocycles. The van der Waals surface area contributed by atoms with Crippen LogP contribution in [0.15, 0.2) is 47.1 Å². The van der Waals surface area contributed by atoms with Crippen LogP contribution in [0.2, 0.25) is 0 Å². The first-order chi connectivity index (χ1) is 14.0. The molecule has 1 fully saturated rings. The summed E-state index contributed by atoms with van der Waals surface area (Å²) in [6.07, 6.45) is 1.84. The van der Waals surface area contributed by atoms with Crippen LogP contribution in [-0.4, -0.2) is 38.3 Å². The van der Waals surface area contributed by atoms with Crippen molar-refractivity contribution in [1.29, 1.82) is 0 Å². The molecule has 3 heterocycles. The first-order valence-corrected chi connectivity index (χ1v) is 9.34. The second kappa shape index (κ2) is 7.78. The molecule has 1 aromatic carbocycles. The summed E-state index contributed by atoms with van der Waals surface area (Å²) in [6.45, 7) is 0.368. The molecule has 4 rings (SSSR count). The second-order valence-corrected chi connectivity index (χ2v) is 6.90. The Balaban J connectivity index is 1.28. The molecule has 29 heavy (non-hydrogen) atoms. The number of benzene rings is 1. The summed E-state index contributed by atoms with van der Waals surface area (Å²) >= 11 is 0. The number of furan rings is 1. The van der Waals surface area contributed by atoms with Crippen molar-refractivity contribution < 1.29 is 18.8 Å². The fourth-order valence-electron chi connectivity index (χ4n) is 3.38. The maximum absolute atomic E-state index is 12.4. The van der Waals surface area contributed by atoms with Gasteiger partial charge in [-0.3, -0.25) is 14.5 Å². The van der Waals surface area contributed by atoms with Crippen molar-refractivity contribution >= 4 is 28.9 Å². The largest absolute Gasteiger partial charge is 0.467 e. The predicted molar refractivity (Wildman–Crippen MR) is 103 cm³/mol. The minimum atomic E-state index is -0.709. The molecule has 1 aliphatic rings. The van der Waals surface area contributed by atoms with Gasteiger partial charge in [0.1, 0.15) is 17.6 Å². The Bertz CT molecular complexity index is 1060. The summed E-state index contributed by atoms with van der Waals surface area (Å²) in [4.78, 5) is 42.3. The van der Waals surface area contributed by atoms with E-state index < -0.39 is 12.1 Å². The van der Waals surface area contributed by atoms with Crippen LogP contribution < -0.4 is 10.6 Å². The fraction of sp³-hybridized carbons (Fsp3) is 0.300. The monoisotopic (exact) mass is 395 g/mol. The summed E-state index contributed by atoms with van der Waals surface area (Å²) < 4.78 is 7.12. The molecular formula is C20H21N5O4. The summed E-state index contributed by atoms with van der Waals surface area (Å²) in [5, 5.41) is 5.44. The van der Waals surface area contributed by atoms with Crippen LogP contribution in [0.4, 0.5) is 4.79 Å². The normalized spacial score (nSPS) is 16.4. The lowest BCUT2D eigenvalue weighted by molar-refractivity contribution is -0.128. The number of para-hydroxylation sites is 2. The minimum absolute atomic E-state index is 0.0765. The standard InChI is InChI=1S/C20H21N5O4/c1-24-16-7-3-2-6-14(16)22-17(24)11-21-18(26)9-8-15-19(27)25(20(28)23-15)12-13-5-4-10-29-13/h2-7,10,15H,8-9,11-12H2,1H3,(H,21,26)(H,23,28)/t15-/m1/s1. The van der Waals surface area contributed by atoms with Crippen molar-refractivity contribution in [2.24, 2.45) is 7.05 Å². The molecule has 0 aliphatic carbocycles. The quantitative estimate of drug-likeness (QED) is 0.592. The Morgan fingerprint density at radius 2 is 2.07 bits per heavy atom. The molecular weight excluding hydrogens is 374 g/mol. The van der Waals surface area contributed by atoms with Gasteiger partial charge < -0.3 is 19.6 Å². The van der Waals surface area contributed by atoms with E-state index in [1.165, 1.54) is 6.26 Å². The van der Waals surface area contributed by atoms with Gasteiger partial charge in [-0.05, 0) is 30.7 Å². The smallest absolute Gasteiger partial charge is 0.325 e. The molecule has 0 radical (unpaired) electrons. The minimum Gasteiger partial charge on any atom is -0.467 e. The zero-order valence-electron chi connectivity index (χ0n) is 15.9. The average Bonchev–Trinajstić information content (AvgIpc) is 3.41. The summed E-state index contributed by atoms with van der Waals surface area (Å²) in [5.74, 6) is 0.710. The van der Waals surface area contributed by atoms with Crippen LogP contribution in [0, 0.1) is 0 Å². The van der Waals surface area contributed by atoms with Gasteiger partial charge >= 0.3 is 6.03 Å². The molecule has 0 spiro atoms. The lowest BCUT2D eigenvalue weighted by atomic mass is 10.1. The Labute approximate surface area is 166 Å². The highest BCUT2D eigenvalue weighted by atomic mass is 16.3. The number of imidazole rings is 1. The number of imide groups is 1. The van der Waals surface area contributed by atoms with E-state index >= 15 is 0 Å². The molecule has 0 bridgehead atoms. The number of hydrogen-bond acceptors (Lipinski definition) is 5. The van der Waals surface area contributed by atoms with Crippen LogP contribution in [0.1, 0.15) is 24.4 Å². The fourth-order valence-corrected chi connectivity index (χ4v) is 3.38. The van der Waals surface area contributed by atoms with Crippen molar-refractivity contribution in [2.45, 2.75) is 32.0 Å². The third kappa shape index (κ3) is 3.84. The third-order valence-corrected chi connectivity index (χ3v) is 4.98. The number of aromatic nitrogens is 2. The van der Waals surface area contributed by atoms with Crippen molar-refractivity contribution in [3.8, 4) is 0 Å². The number of fused-ring (bicyclic) bond motifs is 1. The predicted octanol–water partition coefficient (Wildman–Crippen LogP) is 1.68. The van der Waals surface area contributed by atoms with E-state index in [1.807, 2.05) is 35.9 Å². The van der Waals surface area contributed by atoms with Crippen molar-refractivity contribution in [1.82, 2.24) is 25.1 Å². The number of carbonyl (C=O) groups is 3. The summed E-state index contributed by atoms with van der Waals surface area (Å²) in [6, 6.07) is 9.95. The number of nitrogens with one attached hydrogen (secondary N) is 2. The molecule has 1 saturated heterocycles. The van der Waals surface area contributed by atoms with Crippen molar-refractivity contribution in [3.63, 3.8) is 0 Å². The highest BCUT2D eigenvalue weighted by Crippen LogP contribution is 2.16. The molecule has 2 N–H and O–H groups in total. The number of hydrogen-bond donors (Lipinski definition) is 2. The van der Waals surface area contributed by atoms with Gasteiger partial charge in [0.05, 0.1) is 30.4 Å². The Morgan fingerprint density at radius 1 is 1.24 bits per heavy atom. The number of nitrogens with zero attached hydrogens (tertiary/aromatic N) is 3. The molecule has 9 heteroatoms. The molecule has 9 nitrogen and oxygen atoms in total. The molecule has 0 saturated carbocycles. The van der Waals surface area contributed by atoms with Crippen molar-refractivity contribution in [2.75, 3.05) is 0 Å². The lowest BCUT2D eigenvalue weighted by Crippen LogP contribution is -2.32. The number of urea groups is 1. The molecule has 4 amide bonds. The highest BCUT2D eigenvalue weighted by molar-refractivity contribution is 6.04. The summed E-state index contributed by atoms with van der Waals surface area (Å²) in [7, 11) is 1.90. The number of aryl methyl sites for hydroxylation is 1. The Kier molecular flexibility index (Phi) is 5.03. The topological polar surface area (TPSA) is 109 Å². The van der Waals surface area contributed by atoms with Gasteiger partial charge in [0, 0.05) is 13.5 Å². The summed E-state index contributed by atoms with van der Waals surface area (Å²) in [5.41, 5.74) is 1.86. The Hall–Kier alpha value is -3.62. The lowest BCUT2D eigenvalue weighted by Gasteiger charge is -2.11.